The minimum Gasteiger partial charge on any atom is -0.481 e. The highest BCUT2D eigenvalue weighted by atomic mass is 16.4. The molecule has 2 N–H and O–H groups in total. The van der Waals surface area contributed by atoms with E-state index in [2.05, 4.69) is 5.32 Å². The maximum Gasteiger partial charge on any atom is 0.324 e. The fraction of sp³-hybridized carbons (Fsp3) is 0.769. The lowest BCUT2D eigenvalue weighted by Gasteiger charge is -2.24. The molecule has 1 rings (SSSR count). The summed E-state index contributed by atoms with van der Waals surface area (Å²) in [5.41, 5.74) is -0.660. The van der Waals surface area contributed by atoms with E-state index in [9.17, 15) is 14.4 Å². The molecule has 1 fully saturated rings. The van der Waals surface area contributed by atoms with Crippen LogP contribution in [0.2, 0.25) is 0 Å². The lowest BCUT2D eigenvalue weighted by Crippen LogP contribution is -2.45. The van der Waals surface area contributed by atoms with Gasteiger partial charge in [-0.1, -0.05) is 13.8 Å². The lowest BCUT2D eigenvalue weighted by molar-refractivity contribution is -0.139. The van der Waals surface area contributed by atoms with Crippen molar-refractivity contribution in [2.45, 2.75) is 52.5 Å². The molecule has 0 unspecified atom stereocenters. The standard InChI is InChI=1S/C13H22N2O4/c1-4-15(9-5-6-9)12(19)14-10(16)7-13(2,3)8-11(17)18/h9H,4-8H2,1-3H3,(H,17,18)(H,14,16,19). The molecule has 0 bridgehead atoms. The average Bonchev–Trinajstić information content (AvgIpc) is 2.98. The third-order valence-electron chi connectivity index (χ3n) is 3.10. The van der Waals surface area contributed by atoms with Crippen molar-refractivity contribution in [3.8, 4) is 0 Å². The Labute approximate surface area is 113 Å². The Bertz CT molecular complexity index is 375. The summed E-state index contributed by atoms with van der Waals surface area (Å²) in [6.45, 7) is 5.84. The molecule has 0 aromatic rings. The van der Waals surface area contributed by atoms with E-state index in [1.54, 1.807) is 18.7 Å². The Balaban J connectivity index is 2.45. The summed E-state index contributed by atoms with van der Waals surface area (Å²) in [6.07, 6.45) is 1.89. The van der Waals surface area contributed by atoms with Crippen LogP contribution in [0.25, 0.3) is 0 Å². The van der Waals surface area contributed by atoms with Crippen LogP contribution >= 0.6 is 0 Å². The van der Waals surface area contributed by atoms with Crippen LogP contribution in [-0.4, -0.2) is 40.5 Å². The van der Waals surface area contributed by atoms with E-state index in [1.165, 1.54) is 0 Å². The van der Waals surface area contributed by atoms with Gasteiger partial charge in [-0.3, -0.25) is 14.9 Å². The molecule has 0 spiro atoms. The average molecular weight is 270 g/mol. The van der Waals surface area contributed by atoms with Crippen molar-refractivity contribution in [1.29, 1.82) is 0 Å². The van der Waals surface area contributed by atoms with Gasteiger partial charge in [0.2, 0.25) is 5.91 Å². The minimum atomic E-state index is -0.947. The summed E-state index contributed by atoms with van der Waals surface area (Å²) in [5, 5.41) is 11.1. The van der Waals surface area contributed by atoms with Gasteiger partial charge in [0, 0.05) is 19.0 Å². The topological polar surface area (TPSA) is 86.7 Å². The van der Waals surface area contributed by atoms with Crippen LogP contribution in [-0.2, 0) is 9.59 Å². The number of imide groups is 1. The van der Waals surface area contributed by atoms with Crippen LogP contribution in [0.5, 0.6) is 0 Å². The Kier molecular flexibility index (Phi) is 4.91. The van der Waals surface area contributed by atoms with Crippen molar-refractivity contribution in [2.75, 3.05) is 6.54 Å². The number of carbonyl (C=O) groups excluding carboxylic acids is 2. The second-order valence-electron chi connectivity index (χ2n) is 5.78. The Morgan fingerprint density at radius 1 is 1.26 bits per heavy atom. The number of aliphatic carboxylic acids is 1. The van der Waals surface area contributed by atoms with Gasteiger partial charge < -0.3 is 10.0 Å². The van der Waals surface area contributed by atoms with E-state index in [1.807, 2.05) is 6.92 Å². The summed E-state index contributed by atoms with van der Waals surface area (Å²) in [5.74, 6) is -1.37. The van der Waals surface area contributed by atoms with Gasteiger partial charge in [-0.15, -0.1) is 0 Å². The molecule has 0 aromatic carbocycles. The molecule has 3 amide bonds. The van der Waals surface area contributed by atoms with Gasteiger partial charge in [0.15, 0.2) is 0 Å². The maximum absolute atomic E-state index is 11.9. The summed E-state index contributed by atoms with van der Waals surface area (Å²) >= 11 is 0. The first-order chi connectivity index (χ1) is 8.75. The molecule has 108 valence electrons. The summed E-state index contributed by atoms with van der Waals surface area (Å²) in [4.78, 5) is 35.9. The molecule has 0 atom stereocenters. The minimum absolute atomic E-state index is 0.0211. The van der Waals surface area contributed by atoms with Gasteiger partial charge in [0.25, 0.3) is 0 Å². The summed E-state index contributed by atoms with van der Waals surface area (Å²) in [6, 6.07) is -0.119. The van der Waals surface area contributed by atoms with E-state index < -0.39 is 17.3 Å². The number of urea groups is 1. The summed E-state index contributed by atoms with van der Waals surface area (Å²) < 4.78 is 0. The smallest absolute Gasteiger partial charge is 0.324 e. The molecular weight excluding hydrogens is 248 g/mol. The van der Waals surface area contributed by atoms with Crippen molar-refractivity contribution in [3.05, 3.63) is 0 Å². The molecular formula is C13H22N2O4. The quantitative estimate of drug-likeness (QED) is 0.767. The number of carbonyl (C=O) groups is 3. The first kappa shape index (κ1) is 15.5. The van der Waals surface area contributed by atoms with E-state index in [0.717, 1.165) is 12.8 Å². The molecule has 0 aliphatic heterocycles. The third kappa shape index (κ3) is 5.28. The Hall–Kier alpha value is -1.59. The van der Waals surface area contributed by atoms with E-state index in [0.29, 0.717) is 6.54 Å². The second kappa shape index (κ2) is 6.04. The number of amides is 3. The highest BCUT2D eigenvalue weighted by Gasteiger charge is 2.33. The van der Waals surface area contributed by atoms with Gasteiger partial charge in [-0.25, -0.2) is 4.79 Å². The van der Waals surface area contributed by atoms with Crippen LogP contribution in [0, 0.1) is 5.41 Å². The Morgan fingerprint density at radius 2 is 1.84 bits per heavy atom. The van der Waals surface area contributed by atoms with Crippen LogP contribution in [0.15, 0.2) is 0 Å². The fourth-order valence-electron chi connectivity index (χ4n) is 2.10. The molecule has 19 heavy (non-hydrogen) atoms. The SMILES string of the molecule is CCN(C(=O)NC(=O)CC(C)(C)CC(=O)O)C1CC1. The van der Waals surface area contributed by atoms with Gasteiger partial charge in [-0.05, 0) is 25.2 Å². The number of carboxylic acids is 1. The van der Waals surface area contributed by atoms with Crippen molar-refractivity contribution in [2.24, 2.45) is 5.41 Å². The normalized spacial score (nSPS) is 14.9. The molecule has 6 heteroatoms. The fourth-order valence-corrected chi connectivity index (χ4v) is 2.10. The van der Waals surface area contributed by atoms with Gasteiger partial charge >= 0.3 is 12.0 Å². The number of nitrogens with zero attached hydrogens (tertiary/aromatic N) is 1. The Morgan fingerprint density at radius 3 is 2.26 bits per heavy atom. The number of carboxylic acid groups (broad SMARTS) is 1. The third-order valence-corrected chi connectivity index (χ3v) is 3.10. The largest absolute Gasteiger partial charge is 0.481 e. The van der Waals surface area contributed by atoms with Gasteiger partial charge in [-0.2, -0.15) is 0 Å². The zero-order chi connectivity index (χ0) is 14.6. The molecule has 1 saturated carbocycles. The van der Waals surface area contributed by atoms with Gasteiger partial charge in [0.05, 0.1) is 6.42 Å². The van der Waals surface area contributed by atoms with E-state index >= 15 is 0 Å². The van der Waals surface area contributed by atoms with Crippen LogP contribution < -0.4 is 5.32 Å². The predicted octanol–water partition coefficient (Wildman–Crippen LogP) is 1.60. The number of nitrogens with one attached hydrogen (secondary N) is 1. The molecule has 0 saturated heterocycles. The molecule has 0 aromatic heterocycles. The summed E-state index contributed by atoms with van der Waals surface area (Å²) in [7, 11) is 0. The molecule has 1 aliphatic carbocycles. The van der Waals surface area contributed by atoms with Gasteiger partial charge in [0.1, 0.15) is 0 Å². The molecule has 0 radical (unpaired) electrons. The zero-order valence-corrected chi connectivity index (χ0v) is 11.7. The van der Waals surface area contributed by atoms with Crippen molar-refractivity contribution in [3.63, 3.8) is 0 Å². The van der Waals surface area contributed by atoms with Crippen LogP contribution in [0.1, 0.15) is 46.5 Å². The zero-order valence-electron chi connectivity index (χ0n) is 11.7. The monoisotopic (exact) mass is 270 g/mol. The first-order valence-electron chi connectivity index (χ1n) is 6.57. The second-order valence-corrected chi connectivity index (χ2v) is 5.78. The maximum atomic E-state index is 11.9. The van der Waals surface area contributed by atoms with E-state index in [-0.39, 0.29) is 24.9 Å². The first-order valence-corrected chi connectivity index (χ1v) is 6.57. The molecule has 1 aliphatic rings. The lowest BCUT2D eigenvalue weighted by atomic mass is 9.85. The highest BCUT2D eigenvalue weighted by Crippen LogP contribution is 2.27. The van der Waals surface area contributed by atoms with Crippen molar-refractivity contribution >= 4 is 17.9 Å². The number of hydrogen-bond acceptors (Lipinski definition) is 3. The number of rotatable bonds is 6. The van der Waals surface area contributed by atoms with Crippen molar-refractivity contribution < 1.29 is 19.5 Å². The van der Waals surface area contributed by atoms with Crippen LogP contribution in [0.3, 0.4) is 0 Å². The highest BCUT2D eigenvalue weighted by molar-refractivity contribution is 5.94. The number of hydrogen-bond donors (Lipinski definition) is 2. The molecule has 0 heterocycles. The van der Waals surface area contributed by atoms with E-state index in [4.69, 9.17) is 5.11 Å². The predicted molar refractivity (Wildman–Crippen MR) is 69.6 cm³/mol. The molecule has 6 nitrogen and oxygen atoms in total. The van der Waals surface area contributed by atoms with Crippen molar-refractivity contribution in [1.82, 2.24) is 10.2 Å². The van der Waals surface area contributed by atoms with Crippen LogP contribution in [0.4, 0.5) is 4.79 Å².